The van der Waals surface area contributed by atoms with Crippen LogP contribution in [0.3, 0.4) is 0 Å². The Kier molecular flexibility index (Phi) is 43.2. The fourth-order valence-electron chi connectivity index (χ4n) is 24.0. The average molecular weight is 1910 g/mol. The Bertz CT molecular complexity index is 4120. The molecule has 0 spiro atoms. The first kappa shape index (κ1) is 124. The number of nitrogens with one attached hydrogen (secondary N) is 1. The van der Waals surface area contributed by atoms with E-state index in [1.807, 2.05) is 18.2 Å². The van der Waals surface area contributed by atoms with Gasteiger partial charge in [-0.05, 0) is 427 Å². The number of carbonyl (C=O) groups excluding carboxylic acids is 1. The molecule has 138 heavy (non-hydrogen) atoms. The summed E-state index contributed by atoms with van der Waals surface area (Å²) in [6.45, 7) is 131. The van der Waals surface area contributed by atoms with Gasteiger partial charge in [-0.15, -0.1) is 0 Å². The number of piperidine rings is 3. The van der Waals surface area contributed by atoms with Crippen LogP contribution in [0.1, 0.15) is 453 Å². The zero-order valence-electron chi connectivity index (χ0n) is 101. The lowest BCUT2D eigenvalue weighted by Crippen LogP contribution is -2.61. The Hall–Kier alpha value is -4.45. The van der Waals surface area contributed by atoms with Crippen molar-refractivity contribution in [3.8, 4) is 0 Å². The molecule has 794 valence electrons. The van der Waals surface area contributed by atoms with Crippen LogP contribution in [-0.2, 0) is 30.5 Å². The van der Waals surface area contributed by atoms with Crippen LogP contribution in [0, 0.1) is 84.7 Å². The van der Waals surface area contributed by atoms with Crippen molar-refractivity contribution in [2.24, 2.45) is 84.7 Å². The van der Waals surface area contributed by atoms with Crippen LogP contribution >= 0.6 is 0 Å². The van der Waals surface area contributed by atoms with E-state index in [0.717, 1.165) is 64.9 Å². The van der Waals surface area contributed by atoms with Crippen molar-refractivity contribution in [3.05, 3.63) is 119 Å². The third-order valence-corrected chi connectivity index (χ3v) is 32.5. The minimum Gasteiger partial charge on any atom is -0.363 e. The molecule has 0 aromatic heterocycles. The van der Waals surface area contributed by atoms with E-state index < -0.39 is 0 Å². The number of fused-ring (bicyclic) bond motifs is 4. The number of likely N-dealkylation sites (tertiary alicyclic amines) is 5. The normalized spacial score (nSPS) is 23.6. The highest BCUT2D eigenvalue weighted by molar-refractivity contribution is 6.04. The monoisotopic (exact) mass is 1910 g/mol. The summed E-state index contributed by atoms with van der Waals surface area (Å²) in [5.41, 5.74) is 15.7. The number of anilines is 4. The van der Waals surface area contributed by atoms with Gasteiger partial charge >= 0.3 is 0 Å². The Morgan fingerprint density at radius 1 is 0.268 bits per heavy atom. The first-order chi connectivity index (χ1) is 62.2. The van der Waals surface area contributed by atoms with E-state index in [0.29, 0.717) is 77.7 Å². The summed E-state index contributed by atoms with van der Waals surface area (Å²) in [6.07, 6.45) is 20.1. The van der Waals surface area contributed by atoms with Crippen molar-refractivity contribution >= 4 is 28.7 Å². The maximum Gasteiger partial charge on any atom is 0.247 e. The van der Waals surface area contributed by atoms with Crippen molar-refractivity contribution in [3.63, 3.8) is 0 Å². The highest BCUT2D eigenvalue weighted by atomic mass is 16.2. The third kappa shape index (κ3) is 36.9. The van der Waals surface area contributed by atoms with Crippen LogP contribution in [0.25, 0.3) is 0 Å². The molecule has 10 heteroatoms. The molecule has 9 atom stereocenters. The number of hydrogen-bond acceptors (Lipinski definition) is 9. The van der Waals surface area contributed by atoms with Crippen molar-refractivity contribution in [1.29, 1.82) is 0 Å². The van der Waals surface area contributed by atoms with E-state index in [-0.39, 0.29) is 34.0 Å². The van der Waals surface area contributed by atoms with Crippen LogP contribution in [0.15, 0.2) is 97.1 Å². The molecule has 13 rings (SSSR count). The topological polar surface area (TPSA) is 55.0 Å². The molecule has 0 radical (unpaired) electrons. The van der Waals surface area contributed by atoms with Gasteiger partial charge < -0.3 is 20.0 Å². The van der Waals surface area contributed by atoms with E-state index in [9.17, 15) is 4.79 Å². The molecule has 4 aromatic rings. The maximum absolute atomic E-state index is 12.5. The smallest absolute Gasteiger partial charge is 0.247 e. The van der Waals surface area contributed by atoms with Gasteiger partial charge in [0.15, 0.2) is 0 Å². The van der Waals surface area contributed by atoms with Crippen LogP contribution in [-0.4, -0.2) is 157 Å². The molecule has 0 saturated carbocycles. The molecule has 1 aliphatic carbocycles. The van der Waals surface area contributed by atoms with Gasteiger partial charge in [-0.1, -0.05) is 273 Å². The highest BCUT2D eigenvalue weighted by Crippen LogP contribution is 2.51. The Morgan fingerprint density at radius 2 is 0.616 bits per heavy atom. The van der Waals surface area contributed by atoms with E-state index in [2.05, 4.69) is 483 Å². The summed E-state index contributed by atoms with van der Waals surface area (Å²) in [7, 11) is 0. The number of amides is 1. The van der Waals surface area contributed by atoms with E-state index in [4.69, 9.17) is 0 Å². The minimum atomic E-state index is -0.164. The predicted molar refractivity (Wildman–Crippen MR) is 615 cm³/mol. The fourth-order valence-corrected chi connectivity index (χ4v) is 24.0. The zero-order chi connectivity index (χ0) is 106. The first-order valence-electron chi connectivity index (χ1n) is 56.0. The van der Waals surface area contributed by atoms with Crippen molar-refractivity contribution in [1.82, 2.24) is 24.5 Å². The number of carbonyl (C=O) groups is 1. The predicted octanol–water partition coefficient (Wildman–Crippen LogP) is 34.1. The molecule has 8 aliphatic heterocycles. The van der Waals surface area contributed by atoms with E-state index >= 15 is 0 Å². The quantitative estimate of drug-likeness (QED) is 0.212. The molecule has 5 fully saturated rings. The van der Waals surface area contributed by atoms with E-state index in [1.165, 1.54) is 171 Å². The number of rotatable bonds is 2. The van der Waals surface area contributed by atoms with E-state index in [1.54, 1.807) is 11.1 Å². The van der Waals surface area contributed by atoms with Gasteiger partial charge in [0.2, 0.25) is 5.91 Å². The Balaban J connectivity index is 0.000000275. The lowest BCUT2D eigenvalue weighted by atomic mass is 9.58. The summed E-state index contributed by atoms with van der Waals surface area (Å²) in [5.74, 6) is 6.17. The number of para-hydroxylation sites is 4. The Morgan fingerprint density at radius 3 is 0.978 bits per heavy atom. The number of benzene rings is 4. The second-order valence-electron chi connectivity index (χ2n) is 61.4. The van der Waals surface area contributed by atoms with Gasteiger partial charge in [0.25, 0.3) is 0 Å². The van der Waals surface area contributed by atoms with Crippen molar-refractivity contribution in [2.75, 3.05) is 72.4 Å². The van der Waals surface area contributed by atoms with Gasteiger partial charge in [-0.25, -0.2) is 0 Å². The highest BCUT2D eigenvalue weighted by Gasteiger charge is 2.49. The summed E-state index contributed by atoms with van der Waals surface area (Å²) < 4.78 is 0. The summed E-state index contributed by atoms with van der Waals surface area (Å²) >= 11 is 0. The van der Waals surface area contributed by atoms with Gasteiger partial charge in [0.05, 0.1) is 11.4 Å². The molecule has 9 aliphatic rings. The SMILES string of the molecule is CC(C)(C)C1C(=O)Nc2ccccc2N1C(C)(C)C.CC(C)(C)C1CCCCN1C(C)(C)C.CC(C)(C)C1CCCN(C(C)(C)C)C1.CC(C)(C)C1CCCN1C(C)(C)C.CC(C)(C)C1CCc2ccccc2N1C(C)(C)C.CC(C)(C)C1Cc2ccccc2CC1C(C)(C)C.CC(C)(C)C1Cc2ccccc2N1C(C)(C)C.CC(C)C1CCN(C(C)(C)C)C1.CC(C)C1CCN(C(C)(C)C)CC1. The van der Waals surface area contributed by atoms with Crippen LogP contribution in [0.5, 0.6) is 0 Å². The molecule has 1 amide bonds. The summed E-state index contributed by atoms with van der Waals surface area (Å²) in [6, 6.07) is 37.4. The van der Waals surface area contributed by atoms with Crippen LogP contribution in [0.4, 0.5) is 22.7 Å². The third-order valence-electron chi connectivity index (χ3n) is 32.5. The average Bonchev–Trinajstić information content (AvgIpc) is 1.68. The molecule has 9 unspecified atom stereocenters. The Labute approximate surface area is 859 Å². The minimum absolute atomic E-state index is 0.0844. The van der Waals surface area contributed by atoms with Crippen LogP contribution < -0.4 is 20.0 Å². The standard InChI is InChI=1S/C18H28.C17H27N.C16H24N2O.C16H25N.2C13H27N.2C12H25N.C11H23N/c1-17(2,3)15-11-13-9-7-8-10-14(13)12-16(15)18(4,5)6;1-16(2,3)15-12-11-13-9-7-8-10-14(13)18(15)17(4,5)6;1-15(2,3)13-14(19)17-11-9-7-8-10-12(11)18(13)16(4,5)6;1-15(2,3)14-11-12-9-7-8-10-13(12)17(14)16(4,5)6;1-12(2,3)11-8-7-9-14(10-11)13(4,5)6;1-12(2,3)11-9-7-8-10-14(11)13(4,5)6;1-11(2,3)10-8-7-9-13(10)12(4,5)6;1-10(2)11-6-8-13(9-7-11)12(3,4)5;1-9(2)10-6-7-12(8-10)11(3,4)5/h7-10,15-16H,11-12H2,1-6H3;7-10,15H,11-12H2,1-6H3;7-10,13H,1-6H3,(H,17,19);7-10,14H,11H2,1-6H3;2*11H,7-10H2,1-6H3;10H,7-9H2,1-6H3;10-11H,6-9H2,1-5H3;9-10H,6-8H2,1-5H3. The van der Waals surface area contributed by atoms with Crippen molar-refractivity contribution in [2.45, 2.75) is 531 Å². The van der Waals surface area contributed by atoms with Gasteiger partial charge in [0, 0.05) is 92.9 Å². The number of nitrogens with zero attached hydrogens (tertiary/aromatic N) is 8. The zero-order valence-corrected chi connectivity index (χ0v) is 101. The van der Waals surface area contributed by atoms with Crippen molar-refractivity contribution < 1.29 is 4.79 Å². The van der Waals surface area contributed by atoms with Gasteiger partial charge in [0.1, 0.15) is 6.04 Å². The molecule has 8 heterocycles. The summed E-state index contributed by atoms with van der Waals surface area (Å²) in [4.78, 5) is 33.3. The lowest BCUT2D eigenvalue weighted by molar-refractivity contribution is -0.120. The lowest BCUT2D eigenvalue weighted by Gasteiger charge is -2.52. The van der Waals surface area contributed by atoms with Gasteiger partial charge in [-0.3, -0.25) is 29.3 Å². The van der Waals surface area contributed by atoms with Gasteiger partial charge in [-0.2, -0.15) is 0 Å². The summed E-state index contributed by atoms with van der Waals surface area (Å²) in [5, 5.41) is 3.04. The molecule has 1 N–H and O–H groups in total. The largest absolute Gasteiger partial charge is 0.363 e. The first-order valence-corrected chi connectivity index (χ1v) is 56.0. The number of aryl methyl sites for hydroxylation is 1. The van der Waals surface area contributed by atoms with Crippen LogP contribution in [0.2, 0.25) is 0 Å². The molecule has 4 aromatic carbocycles. The molecular weight excluding hydrogens is 1680 g/mol. The molecule has 5 saturated heterocycles. The molecule has 0 bridgehead atoms. The second kappa shape index (κ2) is 48.0. The number of hydrogen-bond donors (Lipinski definition) is 1. The molecular formula is C128H231N9O. The second-order valence-corrected chi connectivity index (χ2v) is 61.4. The maximum atomic E-state index is 12.5. The fraction of sp³-hybridized carbons (Fsp3) is 0.805. The molecule has 10 nitrogen and oxygen atoms in total.